The second-order valence-corrected chi connectivity index (χ2v) is 10.5. The lowest BCUT2D eigenvalue weighted by Gasteiger charge is -2.21. The number of nitrogens with zero attached hydrogens (tertiary/aromatic N) is 4. The summed E-state index contributed by atoms with van der Waals surface area (Å²) in [5.41, 5.74) is 5.08. The number of nitrogens with one attached hydrogen (secondary N) is 2. The van der Waals surface area contributed by atoms with Crippen LogP contribution in [-0.4, -0.2) is 51.1 Å². The zero-order valence-corrected chi connectivity index (χ0v) is 23.1. The molecule has 206 valence electrons. The Hall–Kier alpha value is -4.30. The van der Waals surface area contributed by atoms with E-state index in [0.717, 1.165) is 42.6 Å². The summed E-state index contributed by atoms with van der Waals surface area (Å²) in [6.45, 7) is 6.77. The highest BCUT2D eigenvalue weighted by Gasteiger charge is 2.22. The van der Waals surface area contributed by atoms with E-state index in [9.17, 15) is 9.59 Å². The summed E-state index contributed by atoms with van der Waals surface area (Å²) in [6, 6.07) is 21.4. The van der Waals surface area contributed by atoms with E-state index in [1.165, 1.54) is 11.1 Å². The van der Waals surface area contributed by atoms with Crippen molar-refractivity contribution in [3.8, 4) is 11.1 Å². The van der Waals surface area contributed by atoms with Gasteiger partial charge in [0, 0.05) is 43.2 Å². The number of benzene rings is 2. The van der Waals surface area contributed by atoms with E-state index in [0.29, 0.717) is 12.4 Å². The Bertz CT molecular complexity index is 1410. The number of hydrogen-bond acceptors (Lipinski definition) is 5. The van der Waals surface area contributed by atoms with Crippen molar-refractivity contribution in [2.45, 2.75) is 45.2 Å². The van der Waals surface area contributed by atoms with E-state index in [2.05, 4.69) is 58.8 Å². The third kappa shape index (κ3) is 6.82. The number of aromatic nitrogens is 3. The molecular weight excluding hydrogens is 500 g/mol. The Kier molecular flexibility index (Phi) is 8.66. The van der Waals surface area contributed by atoms with Crippen molar-refractivity contribution in [1.82, 2.24) is 25.0 Å². The van der Waals surface area contributed by atoms with Crippen molar-refractivity contribution in [1.29, 1.82) is 0 Å². The summed E-state index contributed by atoms with van der Waals surface area (Å²) in [6.07, 6.45) is 7.44. The standard InChI is InChI=1S/C32H36N6O2/c1-23-10-12-25(13-11-23)24(2)18-34-31(26-8-4-3-5-9-26)32(40)36-29-15-14-27(19-33-29)28-20-35-38(21-28)22-30(39)37-16-6-7-17-37/h3-5,8-15,19-21,24,31,34H,6-7,16-18,22H2,1-2H3,(H,33,36,40)/t24-,31-/m1/s1. The molecule has 0 radical (unpaired) electrons. The maximum atomic E-state index is 13.4. The Balaban J connectivity index is 1.22. The van der Waals surface area contributed by atoms with Crippen molar-refractivity contribution in [2.24, 2.45) is 0 Å². The summed E-state index contributed by atoms with van der Waals surface area (Å²) in [5.74, 6) is 0.636. The van der Waals surface area contributed by atoms with Crippen LogP contribution in [0.5, 0.6) is 0 Å². The predicted molar refractivity (Wildman–Crippen MR) is 157 cm³/mol. The number of likely N-dealkylation sites (tertiary alicyclic amines) is 1. The van der Waals surface area contributed by atoms with Gasteiger partial charge in [0.05, 0.1) is 6.20 Å². The van der Waals surface area contributed by atoms with E-state index >= 15 is 0 Å². The van der Waals surface area contributed by atoms with Crippen LogP contribution in [0.2, 0.25) is 0 Å². The number of hydrogen-bond donors (Lipinski definition) is 2. The summed E-state index contributed by atoms with van der Waals surface area (Å²) in [7, 11) is 0. The number of carbonyl (C=O) groups is 2. The van der Waals surface area contributed by atoms with Crippen molar-refractivity contribution < 1.29 is 9.59 Å². The van der Waals surface area contributed by atoms with Gasteiger partial charge < -0.3 is 15.5 Å². The highest BCUT2D eigenvalue weighted by atomic mass is 16.2. The molecule has 0 saturated carbocycles. The first-order valence-electron chi connectivity index (χ1n) is 13.9. The highest BCUT2D eigenvalue weighted by Crippen LogP contribution is 2.22. The average Bonchev–Trinajstić information content (AvgIpc) is 3.68. The molecule has 1 aliphatic heterocycles. The lowest BCUT2D eigenvalue weighted by molar-refractivity contribution is -0.131. The second-order valence-electron chi connectivity index (χ2n) is 10.5. The van der Waals surface area contributed by atoms with E-state index in [-0.39, 0.29) is 24.3 Å². The van der Waals surface area contributed by atoms with Gasteiger partial charge in [0.15, 0.2) is 0 Å². The Labute approximate surface area is 235 Å². The van der Waals surface area contributed by atoms with Gasteiger partial charge in [-0.1, -0.05) is 67.1 Å². The number of anilines is 1. The van der Waals surface area contributed by atoms with Crippen LogP contribution in [0.25, 0.3) is 11.1 Å². The molecule has 1 aliphatic rings. The molecule has 0 bridgehead atoms. The largest absolute Gasteiger partial charge is 0.341 e. The molecule has 0 aliphatic carbocycles. The molecule has 1 fully saturated rings. The van der Waals surface area contributed by atoms with E-state index < -0.39 is 6.04 Å². The number of amides is 2. The van der Waals surface area contributed by atoms with Gasteiger partial charge in [-0.2, -0.15) is 5.10 Å². The number of aryl methyl sites for hydroxylation is 1. The van der Waals surface area contributed by atoms with Gasteiger partial charge in [0.2, 0.25) is 11.8 Å². The molecule has 8 heteroatoms. The summed E-state index contributed by atoms with van der Waals surface area (Å²) in [4.78, 5) is 32.2. The smallest absolute Gasteiger partial charge is 0.247 e. The lowest BCUT2D eigenvalue weighted by Crippen LogP contribution is -2.35. The fourth-order valence-electron chi connectivity index (χ4n) is 4.96. The SMILES string of the molecule is Cc1ccc([C@H](C)CN[C@@H](C(=O)Nc2ccc(-c3cnn(CC(=O)N4CCCC4)c3)cn2)c2ccccc2)cc1. The minimum atomic E-state index is -0.526. The quantitative estimate of drug-likeness (QED) is 0.299. The molecule has 40 heavy (non-hydrogen) atoms. The third-order valence-electron chi connectivity index (χ3n) is 7.41. The van der Waals surface area contributed by atoms with Crippen LogP contribution in [0.15, 0.2) is 85.3 Å². The van der Waals surface area contributed by atoms with Crippen molar-refractivity contribution in [2.75, 3.05) is 25.0 Å². The molecule has 2 aromatic carbocycles. The normalized spacial score (nSPS) is 14.6. The number of rotatable bonds is 10. The van der Waals surface area contributed by atoms with Crippen LogP contribution in [0.3, 0.4) is 0 Å². The highest BCUT2D eigenvalue weighted by molar-refractivity contribution is 5.95. The topological polar surface area (TPSA) is 92.2 Å². The molecular formula is C32H36N6O2. The molecule has 5 rings (SSSR count). The van der Waals surface area contributed by atoms with Crippen LogP contribution in [0.1, 0.15) is 48.4 Å². The van der Waals surface area contributed by atoms with Crippen LogP contribution >= 0.6 is 0 Å². The monoisotopic (exact) mass is 536 g/mol. The van der Waals surface area contributed by atoms with Gasteiger partial charge in [-0.05, 0) is 48.9 Å². The van der Waals surface area contributed by atoms with Crippen LogP contribution in [0, 0.1) is 6.92 Å². The van der Waals surface area contributed by atoms with Gasteiger partial charge in [0.25, 0.3) is 0 Å². The average molecular weight is 537 g/mol. The van der Waals surface area contributed by atoms with Gasteiger partial charge in [-0.3, -0.25) is 14.3 Å². The fraction of sp³-hybridized carbons (Fsp3) is 0.312. The fourth-order valence-corrected chi connectivity index (χ4v) is 4.96. The first-order chi connectivity index (χ1) is 19.5. The molecule has 2 N–H and O–H groups in total. The van der Waals surface area contributed by atoms with Crippen molar-refractivity contribution >= 4 is 17.6 Å². The van der Waals surface area contributed by atoms with E-state index in [4.69, 9.17) is 0 Å². The zero-order valence-electron chi connectivity index (χ0n) is 23.1. The molecule has 2 atom stereocenters. The van der Waals surface area contributed by atoms with Crippen LogP contribution in [0.4, 0.5) is 5.82 Å². The Morgan fingerprint density at radius 3 is 2.35 bits per heavy atom. The van der Waals surface area contributed by atoms with Crippen LogP contribution in [-0.2, 0) is 16.1 Å². The van der Waals surface area contributed by atoms with Gasteiger partial charge in [-0.15, -0.1) is 0 Å². The number of pyridine rings is 1. The van der Waals surface area contributed by atoms with Gasteiger partial charge in [0.1, 0.15) is 18.4 Å². The number of carbonyl (C=O) groups excluding carboxylic acids is 2. The summed E-state index contributed by atoms with van der Waals surface area (Å²) in [5, 5.41) is 10.8. The van der Waals surface area contributed by atoms with Crippen LogP contribution < -0.4 is 10.6 Å². The minimum absolute atomic E-state index is 0.0955. The summed E-state index contributed by atoms with van der Waals surface area (Å²) >= 11 is 0. The minimum Gasteiger partial charge on any atom is -0.341 e. The van der Waals surface area contributed by atoms with Crippen molar-refractivity contribution in [3.63, 3.8) is 0 Å². The molecule has 8 nitrogen and oxygen atoms in total. The lowest BCUT2D eigenvalue weighted by atomic mass is 9.98. The van der Waals surface area contributed by atoms with Gasteiger partial charge >= 0.3 is 0 Å². The van der Waals surface area contributed by atoms with E-state index in [1.54, 1.807) is 23.1 Å². The molecule has 4 aromatic rings. The molecule has 0 spiro atoms. The molecule has 2 aromatic heterocycles. The zero-order chi connectivity index (χ0) is 27.9. The molecule has 1 saturated heterocycles. The Morgan fingerprint density at radius 1 is 0.900 bits per heavy atom. The molecule has 0 unspecified atom stereocenters. The molecule has 2 amide bonds. The Morgan fingerprint density at radius 2 is 1.65 bits per heavy atom. The predicted octanol–water partition coefficient (Wildman–Crippen LogP) is 4.95. The van der Waals surface area contributed by atoms with Gasteiger partial charge in [-0.25, -0.2) is 4.98 Å². The maximum absolute atomic E-state index is 13.4. The first-order valence-corrected chi connectivity index (χ1v) is 13.9. The maximum Gasteiger partial charge on any atom is 0.247 e. The van der Waals surface area contributed by atoms with Crippen molar-refractivity contribution in [3.05, 3.63) is 102 Å². The first kappa shape index (κ1) is 27.3. The summed E-state index contributed by atoms with van der Waals surface area (Å²) < 4.78 is 1.67. The van der Waals surface area contributed by atoms with E-state index in [1.807, 2.05) is 47.5 Å². The molecule has 3 heterocycles. The second kappa shape index (κ2) is 12.7. The third-order valence-corrected chi connectivity index (χ3v) is 7.41.